The molecule has 5 heteroatoms. The molecule has 1 aromatic carbocycles. The molecule has 1 aromatic rings. The van der Waals surface area contributed by atoms with Gasteiger partial charge < -0.3 is 9.64 Å². The predicted molar refractivity (Wildman–Crippen MR) is 80.0 cm³/mol. The van der Waals surface area contributed by atoms with Crippen molar-refractivity contribution in [3.05, 3.63) is 29.3 Å². The van der Waals surface area contributed by atoms with E-state index in [9.17, 15) is 4.79 Å². The minimum atomic E-state index is 0.0583. The van der Waals surface area contributed by atoms with Gasteiger partial charge in [-0.3, -0.25) is 4.79 Å². The molecule has 3 nitrogen and oxygen atoms in total. The largest absolute Gasteiger partial charge is 0.484 e. The lowest BCUT2D eigenvalue weighted by Gasteiger charge is -2.31. The molecule has 1 saturated heterocycles. The van der Waals surface area contributed by atoms with Gasteiger partial charge in [-0.05, 0) is 43.0 Å². The van der Waals surface area contributed by atoms with Crippen LogP contribution in [-0.4, -0.2) is 35.8 Å². The van der Waals surface area contributed by atoms with E-state index in [1.54, 1.807) is 24.3 Å². The Labute approximate surface area is 127 Å². The third-order valence-electron chi connectivity index (χ3n) is 3.36. The fourth-order valence-corrected chi connectivity index (χ4v) is 2.88. The standard InChI is InChI=1S/C14H17BrClNO2/c15-9-11-5-7-17(8-6-11)14(18)10-19-13-3-1-12(16)2-4-13/h1-4,11H,5-10H2. The van der Waals surface area contributed by atoms with Gasteiger partial charge in [0, 0.05) is 23.4 Å². The third kappa shape index (κ3) is 4.39. The van der Waals surface area contributed by atoms with Gasteiger partial charge in [-0.15, -0.1) is 0 Å². The first-order valence-corrected chi connectivity index (χ1v) is 7.91. The van der Waals surface area contributed by atoms with Crippen LogP contribution in [0.25, 0.3) is 0 Å². The second kappa shape index (κ2) is 7.15. The molecule has 1 fully saturated rings. The Balaban J connectivity index is 1.77. The molecule has 0 aliphatic carbocycles. The van der Waals surface area contributed by atoms with E-state index in [1.807, 2.05) is 4.90 Å². The van der Waals surface area contributed by atoms with E-state index in [4.69, 9.17) is 16.3 Å². The van der Waals surface area contributed by atoms with Crippen molar-refractivity contribution in [2.45, 2.75) is 12.8 Å². The summed E-state index contributed by atoms with van der Waals surface area (Å²) in [7, 11) is 0. The number of hydrogen-bond donors (Lipinski definition) is 0. The van der Waals surface area contributed by atoms with Crippen LogP contribution in [0.15, 0.2) is 24.3 Å². The van der Waals surface area contributed by atoms with Gasteiger partial charge in [0.2, 0.25) is 0 Å². The minimum absolute atomic E-state index is 0.0583. The lowest BCUT2D eigenvalue weighted by Crippen LogP contribution is -2.41. The number of amides is 1. The molecule has 1 aliphatic heterocycles. The Morgan fingerprint density at radius 1 is 1.32 bits per heavy atom. The van der Waals surface area contributed by atoms with Crippen LogP contribution in [0.3, 0.4) is 0 Å². The van der Waals surface area contributed by atoms with Crippen LogP contribution in [-0.2, 0) is 4.79 Å². The molecule has 1 aliphatic rings. The Hall–Kier alpha value is -0.740. The van der Waals surface area contributed by atoms with E-state index >= 15 is 0 Å². The van der Waals surface area contributed by atoms with Gasteiger partial charge in [0.1, 0.15) is 5.75 Å². The summed E-state index contributed by atoms with van der Waals surface area (Å²) >= 11 is 9.29. The fraction of sp³-hybridized carbons (Fsp3) is 0.500. The Kier molecular flexibility index (Phi) is 5.52. The van der Waals surface area contributed by atoms with Gasteiger partial charge in [-0.1, -0.05) is 27.5 Å². The highest BCUT2D eigenvalue weighted by atomic mass is 79.9. The summed E-state index contributed by atoms with van der Waals surface area (Å²) in [6.45, 7) is 1.76. The number of halogens is 2. The van der Waals surface area contributed by atoms with Crippen LogP contribution in [0, 0.1) is 5.92 Å². The monoisotopic (exact) mass is 345 g/mol. The van der Waals surface area contributed by atoms with E-state index in [0.717, 1.165) is 31.3 Å². The van der Waals surface area contributed by atoms with Crippen LogP contribution in [0.1, 0.15) is 12.8 Å². The Bertz CT molecular complexity index is 416. The third-order valence-corrected chi connectivity index (χ3v) is 4.53. The molecule has 0 aromatic heterocycles. The summed E-state index contributed by atoms with van der Waals surface area (Å²) in [5, 5.41) is 1.69. The SMILES string of the molecule is O=C(COc1ccc(Cl)cc1)N1CCC(CBr)CC1. The lowest BCUT2D eigenvalue weighted by atomic mass is 9.99. The van der Waals surface area contributed by atoms with Crippen LogP contribution < -0.4 is 4.74 Å². The van der Waals surface area contributed by atoms with Gasteiger partial charge in [0.05, 0.1) is 0 Å². The first-order valence-electron chi connectivity index (χ1n) is 6.41. The number of likely N-dealkylation sites (tertiary alicyclic amines) is 1. The first kappa shape index (κ1) is 14.7. The summed E-state index contributed by atoms with van der Waals surface area (Å²) in [6.07, 6.45) is 2.13. The number of carbonyl (C=O) groups is 1. The molecular formula is C14H17BrClNO2. The summed E-state index contributed by atoms with van der Waals surface area (Å²) < 4.78 is 5.47. The maximum absolute atomic E-state index is 12.0. The van der Waals surface area contributed by atoms with Crippen LogP contribution in [0.5, 0.6) is 5.75 Å². The summed E-state index contributed by atoms with van der Waals surface area (Å²) in [5.74, 6) is 1.43. The Morgan fingerprint density at radius 3 is 2.53 bits per heavy atom. The summed E-state index contributed by atoms with van der Waals surface area (Å²) in [6, 6.07) is 7.05. The molecule has 2 rings (SSSR count). The molecule has 0 N–H and O–H groups in total. The van der Waals surface area contributed by atoms with E-state index in [1.165, 1.54) is 0 Å². The molecule has 0 radical (unpaired) electrons. The number of benzene rings is 1. The van der Waals surface area contributed by atoms with Crippen molar-refractivity contribution in [1.29, 1.82) is 0 Å². The number of piperidine rings is 1. The van der Waals surface area contributed by atoms with Crippen molar-refractivity contribution < 1.29 is 9.53 Å². The molecular weight excluding hydrogens is 330 g/mol. The second-order valence-electron chi connectivity index (χ2n) is 4.72. The number of carbonyl (C=O) groups excluding carboxylic acids is 1. The number of ether oxygens (including phenoxy) is 1. The van der Waals surface area contributed by atoms with Crippen LogP contribution in [0.2, 0.25) is 5.02 Å². The maximum Gasteiger partial charge on any atom is 0.260 e. The van der Waals surface area contributed by atoms with Crippen LogP contribution in [0.4, 0.5) is 0 Å². The van der Waals surface area contributed by atoms with Gasteiger partial charge in [-0.2, -0.15) is 0 Å². The van der Waals surface area contributed by atoms with E-state index in [2.05, 4.69) is 15.9 Å². The van der Waals surface area contributed by atoms with Crippen molar-refractivity contribution in [3.8, 4) is 5.75 Å². The van der Waals surface area contributed by atoms with E-state index in [-0.39, 0.29) is 12.5 Å². The van der Waals surface area contributed by atoms with Crippen molar-refractivity contribution in [2.24, 2.45) is 5.92 Å². The first-order chi connectivity index (χ1) is 9.19. The normalized spacial score (nSPS) is 16.4. The summed E-state index contributed by atoms with van der Waals surface area (Å²) in [5.41, 5.74) is 0. The second-order valence-corrected chi connectivity index (χ2v) is 5.80. The van der Waals surface area contributed by atoms with Crippen molar-refractivity contribution in [3.63, 3.8) is 0 Å². The zero-order chi connectivity index (χ0) is 13.7. The number of hydrogen-bond acceptors (Lipinski definition) is 2. The number of alkyl halides is 1. The molecule has 0 atom stereocenters. The topological polar surface area (TPSA) is 29.5 Å². The molecule has 0 saturated carbocycles. The van der Waals surface area contributed by atoms with Crippen molar-refractivity contribution in [1.82, 2.24) is 4.90 Å². The zero-order valence-electron chi connectivity index (χ0n) is 10.6. The Morgan fingerprint density at radius 2 is 1.95 bits per heavy atom. The molecule has 0 bridgehead atoms. The van der Waals surface area contributed by atoms with E-state index in [0.29, 0.717) is 16.7 Å². The van der Waals surface area contributed by atoms with Gasteiger partial charge in [0.25, 0.3) is 5.91 Å². The predicted octanol–water partition coefficient (Wildman–Crippen LogP) is 3.35. The number of rotatable bonds is 4. The molecule has 0 spiro atoms. The molecule has 1 heterocycles. The highest BCUT2D eigenvalue weighted by molar-refractivity contribution is 9.09. The number of nitrogens with zero attached hydrogens (tertiary/aromatic N) is 1. The lowest BCUT2D eigenvalue weighted by molar-refractivity contribution is -0.134. The van der Waals surface area contributed by atoms with Gasteiger partial charge in [-0.25, -0.2) is 0 Å². The minimum Gasteiger partial charge on any atom is -0.484 e. The molecule has 19 heavy (non-hydrogen) atoms. The van der Waals surface area contributed by atoms with Gasteiger partial charge >= 0.3 is 0 Å². The summed E-state index contributed by atoms with van der Waals surface area (Å²) in [4.78, 5) is 13.9. The van der Waals surface area contributed by atoms with Crippen molar-refractivity contribution in [2.75, 3.05) is 25.0 Å². The zero-order valence-corrected chi connectivity index (χ0v) is 13.0. The highest BCUT2D eigenvalue weighted by Crippen LogP contribution is 2.19. The average molecular weight is 347 g/mol. The molecule has 104 valence electrons. The van der Waals surface area contributed by atoms with Crippen LogP contribution >= 0.6 is 27.5 Å². The van der Waals surface area contributed by atoms with Crippen molar-refractivity contribution >= 4 is 33.4 Å². The molecule has 0 unspecified atom stereocenters. The molecule has 1 amide bonds. The highest BCUT2D eigenvalue weighted by Gasteiger charge is 2.22. The van der Waals surface area contributed by atoms with Gasteiger partial charge in [0.15, 0.2) is 6.61 Å². The average Bonchev–Trinajstić information content (AvgIpc) is 2.46. The quantitative estimate of drug-likeness (QED) is 0.783. The van der Waals surface area contributed by atoms with E-state index < -0.39 is 0 Å². The smallest absolute Gasteiger partial charge is 0.260 e. The fourth-order valence-electron chi connectivity index (χ4n) is 2.10. The maximum atomic E-state index is 12.0.